The van der Waals surface area contributed by atoms with Gasteiger partial charge in [0.05, 0.1) is 12.8 Å². The Hall–Kier alpha value is -2.27. The Balaban J connectivity index is 1.69. The molecule has 0 bridgehead atoms. The van der Waals surface area contributed by atoms with Gasteiger partial charge in [-0.1, -0.05) is 0 Å². The average Bonchev–Trinajstić information content (AvgIpc) is 2.97. The molecule has 5 nitrogen and oxygen atoms in total. The summed E-state index contributed by atoms with van der Waals surface area (Å²) < 4.78 is 5.20. The van der Waals surface area contributed by atoms with Crippen LogP contribution < -0.4 is 15.5 Å². The summed E-state index contributed by atoms with van der Waals surface area (Å²) in [4.78, 5) is 13.8. The monoisotopic (exact) mass is 287 g/mol. The number of nitrogens with zero attached hydrogens (tertiary/aromatic N) is 1. The zero-order chi connectivity index (χ0) is 15.1. The zero-order valence-electron chi connectivity index (χ0n) is 12.4. The van der Waals surface area contributed by atoms with Crippen molar-refractivity contribution >= 4 is 17.3 Å². The molecular formula is C16H21N3O2. The maximum atomic E-state index is 11.8. The molecule has 1 heterocycles. The van der Waals surface area contributed by atoms with E-state index < -0.39 is 0 Å². The number of nitrogens with one attached hydrogen (secondary N) is 2. The largest absolute Gasteiger partial charge is 0.468 e. The van der Waals surface area contributed by atoms with Crippen LogP contribution in [0.15, 0.2) is 47.1 Å². The van der Waals surface area contributed by atoms with E-state index in [4.69, 9.17) is 4.42 Å². The molecule has 2 N–H and O–H groups in total. The molecule has 0 atom stereocenters. The van der Waals surface area contributed by atoms with Crippen molar-refractivity contribution in [1.82, 2.24) is 5.32 Å². The maximum Gasteiger partial charge on any atom is 0.225 e. The summed E-state index contributed by atoms with van der Waals surface area (Å²) in [6.45, 7) is 1.25. The lowest BCUT2D eigenvalue weighted by Crippen LogP contribution is -2.21. The van der Waals surface area contributed by atoms with E-state index in [9.17, 15) is 4.79 Å². The van der Waals surface area contributed by atoms with Crippen LogP contribution in [0.25, 0.3) is 0 Å². The molecule has 112 valence electrons. The fraction of sp³-hybridized carbons (Fsp3) is 0.312. The fourth-order valence-corrected chi connectivity index (χ4v) is 1.89. The number of anilines is 2. The Morgan fingerprint density at radius 1 is 1.19 bits per heavy atom. The molecule has 1 aromatic heterocycles. The second-order valence-corrected chi connectivity index (χ2v) is 5.00. The molecule has 0 fully saturated rings. The Kier molecular flexibility index (Phi) is 5.40. The van der Waals surface area contributed by atoms with Crippen LogP contribution in [-0.2, 0) is 11.3 Å². The van der Waals surface area contributed by atoms with Gasteiger partial charge < -0.3 is 20.0 Å². The fourth-order valence-electron chi connectivity index (χ4n) is 1.89. The smallest absolute Gasteiger partial charge is 0.225 e. The molecule has 1 aromatic carbocycles. The van der Waals surface area contributed by atoms with Gasteiger partial charge in [0.25, 0.3) is 0 Å². The van der Waals surface area contributed by atoms with E-state index in [0.717, 1.165) is 17.1 Å². The Labute approximate surface area is 124 Å². The van der Waals surface area contributed by atoms with E-state index in [0.29, 0.717) is 19.5 Å². The van der Waals surface area contributed by atoms with Crippen LogP contribution in [-0.4, -0.2) is 26.5 Å². The van der Waals surface area contributed by atoms with Crippen LogP contribution in [0.4, 0.5) is 11.4 Å². The first kappa shape index (κ1) is 15.1. The molecule has 0 radical (unpaired) electrons. The molecule has 0 spiro atoms. The van der Waals surface area contributed by atoms with Crippen LogP contribution in [0.3, 0.4) is 0 Å². The number of carbonyl (C=O) groups is 1. The molecule has 0 aliphatic rings. The van der Waals surface area contributed by atoms with Crippen LogP contribution in [0.2, 0.25) is 0 Å². The third-order valence-electron chi connectivity index (χ3n) is 3.08. The molecular weight excluding hydrogens is 266 g/mol. The number of benzene rings is 1. The minimum absolute atomic E-state index is 0.000419. The summed E-state index contributed by atoms with van der Waals surface area (Å²) in [6, 6.07) is 11.5. The van der Waals surface area contributed by atoms with Crippen LogP contribution >= 0.6 is 0 Å². The van der Waals surface area contributed by atoms with Gasteiger partial charge in [-0.3, -0.25) is 4.79 Å². The van der Waals surface area contributed by atoms with Crippen LogP contribution in [0.1, 0.15) is 12.2 Å². The SMILES string of the molecule is CN(C)c1ccc(NC(=O)CCNCc2ccco2)cc1. The van der Waals surface area contributed by atoms with Crippen molar-refractivity contribution in [2.24, 2.45) is 0 Å². The van der Waals surface area contributed by atoms with Gasteiger partial charge in [-0.15, -0.1) is 0 Å². The molecule has 0 saturated carbocycles. The van der Waals surface area contributed by atoms with Gasteiger partial charge in [0.15, 0.2) is 0 Å². The van der Waals surface area contributed by atoms with Gasteiger partial charge in [0.2, 0.25) is 5.91 Å². The van der Waals surface area contributed by atoms with E-state index in [1.54, 1.807) is 6.26 Å². The van der Waals surface area contributed by atoms with Crippen molar-refractivity contribution < 1.29 is 9.21 Å². The number of amides is 1. The van der Waals surface area contributed by atoms with Gasteiger partial charge in [0, 0.05) is 38.4 Å². The molecule has 2 aromatic rings. The maximum absolute atomic E-state index is 11.8. The lowest BCUT2D eigenvalue weighted by atomic mass is 10.2. The molecule has 1 amide bonds. The molecule has 2 rings (SSSR count). The highest BCUT2D eigenvalue weighted by molar-refractivity contribution is 5.91. The first-order valence-electron chi connectivity index (χ1n) is 6.95. The third-order valence-corrected chi connectivity index (χ3v) is 3.08. The summed E-state index contributed by atoms with van der Waals surface area (Å²) >= 11 is 0. The summed E-state index contributed by atoms with van der Waals surface area (Å²) in [7, 11) is 3.97. The Bertz CT molecular complexity index is 547. The molecule has 21 heavy (non-hydrogen) atoms. The third kappa shape index (κ3) is 4.96. The molecule has 0 saturated heterocycles. The summed E-state index contributed by atoms with van der Waals surface area (Å²) in [5.74, 6) is 0.870. The van der Waals surface area contributed by atoms with Gasteiger partial charge in [0.1, 0.15) is 5.76 Å². The summed E-state index contributed by atoms with van der Waals surface area (Å²) in [5.41, 5.74) is 1.92. The van der Waals surface area contributed by atoms with E-state index in [-0.39, 0.29) is 5.91 Å². The second kappa shape index (κ2) is 7.50. The Morgan fingerprint density at radius 3 is 2.57 bits per heavy atom. The van der Waals surface area contributed by atoms with E-state index in [2.05, 4.69) is 10.6 Å². The topological polar surface area (TPSA) is 57.5 Å². The predicted octanol–water partition coefficient (Wildman–Crippen LogP) is 2.46. The number of rotatable bonds is 7. The standard InChI is InChI=1S/C16H21N3O2/c1-19(2)14-7-5-13(6-8-14)18-16(20)9-10-17-12-15-4-3-11-21-15/h3-8,11,17H,9-10,12H2,1-2H3,(H,18,20). The highest BCUT2D eigenvalue weighted by atomic mass is 16.3. The number of furan rings is 1. The molecule has 0 aliphatic carbocycles. The van der Waals surface area contributed by atoms with Crippen molar-refractivity contribution in [3.05, 3.63) is 48.4 Å². The summed E-state index contributed by atoms with van der Waals surface area (Å²) in [6.07, 6.45) is 2.07. The minimum atomic E-state index is -0.000419. The lowest BCUT2D eigenvalue weighted by molar-refractivity contribution is -0.116. The quantitative estimate of drug-likeness (QED) is 0.768. The van der Waals surface area contributed by atoms with E-state index >= 15 is 0 Å². The first-order valence-corrected chi connectivity index (χ1v) is 6.95. The highest BCUT2D eigenvalue weighted by Gasteiger charge is 2.03. The van der Waals surface area contributed by atoms with Crippen molar-refractivity contribution in [3.8, 4) is 0 Å². The van der Waals surface area contributed by atoms with Crippen molar-refractivity contribution in [2.75, 3.05) is 30.9 Å². The lowest BCUT2D eigenvalue weighted by Gasteiger charge is -2.13. The van der Waals surface area contributed by atoms with E-state index in [1.165, 1.54) is 0 Å². The predicted molar refractivity (Wildman–Crippen MR) is 84.4 cm³/mol. The van der Waals surface area contributed by atoms with Crippen LogP contribution in [0.5, 0.6) is 0 Å². The van der Waals surface area contributed by atoms with Gasteiger partial charge in [-0.05, 0) is 36.4 Å². The number of carbonyl (C=O) groups excluding carboxylic acids is 1. The normalized spacial score (nSPS) is 10.4. The van der Waals surface area contributed by atoms with Crippen LogP contribution in [0, 0.1) is 0 Å². The number of hydrogen-bond acceptors (Lipinski definition) is 4. The van der Waals surface area contributed by atoms with Gasteiger partial charge in [-0.2, -0.15) is 0 Å². The van der Waals surface area contributed by atoms with Gasteiger partial charge in [-0.25, -0.2) is 0 Å². The average molecular weight is 287 g/mol. The molecule has 0 aliphatic heterocycles. The van der Waals surface area contributed by atoms with Crippen molar-refractivity contribution in [3.63, 3.8) is 0 Å². The van der Waals surface area contributed by atoms with Crippen molar-refractivity contribution in [1.29, 1.82) is 0 Å². The molecule has 0 unspecified atom stereocenters. The van der Waals surface area contributed by atoms with Crippen molar-refractivity contribution in [2.45, 2.75) is 13.0 Å². The summed E-state index contributed by atoms with van der Waals surface area (Å²) in [5, 5.41) is 6.05. The Morgan fingerprint density at radius 2 is 1.95 bits per heavy atom. The highest BCUT2D eigenvalue weighted by Crippen LogP contribution is 2.15. The van der Waals surface area contributed by atoms with Gasteiger partial charge >= 0.3 is 0 Å². The minimum Gasteiger partial charge on any atom is -0.468 e. The number of hydrogen-bond donors (Lipinski definition) is 2. The first-order chi connectivity index (χ1) is 10.1. The molecule has 5 heteroatoms. The second-order valence-electron chi connectivity index (χ2n) is 5.00. The zero-order valence-corrected chi connectivity index (χ0v) is 12.4. The van der Waals surface area contributed by atoms with E-state index in [1.807, 2.05) is 55.4 Å².